The van der Waals surface area contributed by atoms with E-state index in [4.69, 9.17) is 22.8 Å². The Morgan fingerprint density at radius 3 is 1.71 bits per heavy atom. The van der Waals surface area contributed by atoms with E-state index in [9.17, 15) is 13.9 Å². The van der Waals surface area contributed by atoms with Gasteiger partial charge < -0.3 is 22.8 Å². The number of esters is 1. The predicted octanol–water partition coefficient (Wildman–Crippen LogP) is 6.60. The largest absolute Gasteiger partial charge is 0.467 e. The molecule has 9 nitrogen and oxygen atoms in total. The lowest BCUT2D eigenvalue weighted by Gasteiger charge is -2.38. The minimum Gasteiger partial charge on any atom is -0.467 e. The van der Waals surface area contributed by atoms with Gasteiger partial charge in [0.2, 0.25) is 0 Å². The first kappa shape index (κ1) is 32.1. The van der Waals surface area contributed by atoms with Gasteiger partial charge in [0.25, 0.3) is 0 Å². The number of benzene rings is 2. The minimum atomic E-state index is -4.24. The molecule has 2 rings (SSSR count). The lowest BCUT2D eigenvalue weighted by Crippen LogP contribution is -2.37. The summed E-state index contributed by atoms with van der Waals surface area (Å²) in [5.41, 5.74) is 2.22. The third-order valence-electron chi connectivity index (χ3n) is 5.63. The van der Waals surface area contributed by atoms with Crippen LogP contribution < -0.4 is 0 Å². The van der Waals surface area contributed by atoms with Gasteiger partial charge in [0.15, 0.2) is 11.4 Å². The molecule has 0 heterocycles. The van der Waals surface area contributed by atoms with Crippen molar-refractivity contribution in [3.05, 3.63) is 71.3 Å². The van der Waals surface area contributed by atoms with Crippen molar-refractivity contribution in [2.24, 2.45) is 4.99 Å². The molecule has 0 spiro atoms. The van der Waals surface area contributed by atoms with Crippen LogP contribution in [0.25, 0.3) is 0 Å². The quantitative estimate of drug-likeness (QED) is 0.127. The van der Waals surface area contributed by atoms with Gasteiger partial charge in [0.05, 0.1) is 33.5 Å². The molecule has 0 saturated carbocycles. The first-order valence-corrected chi connectivity index (χ1v) is 15.9. The van der Waals surface area contributed by atoms with Gasteiger partial charge in [0.1, 0.15) is 0 Å². The van der Waals surface area contributed by atoms with Crippen molar-refractivity contribution >= 4 is 27.4 Å². The van der Waals surface area contributed by atoms with Gasteiger partial charge in [-0.1, -0.05) is 60.2 Å². The average Bonchev–Trinajstić information content (AvgIpc) is 2.89. The average molecular weight is 568 g/mol. The van der Waals surface area contributed by atoms with Crippen LogP contribution in [0.15, 0.2) is 59.6 Å². The highest BCUT2D eigenvalue weighted by Gasteiger charge is 2.58. The molecule has 0 bridgehead atoms. The summed E-state index contributed by atoms with van der Waals surface area (Å²) in [6.07, 6.45) is 1.53. The first-order chi connectivity index (χ1) is 18.2. The molecule has 0 fully saturated rings. The van der Waals surface area contributed by atoms with E-state index in [1.54, 1.807) is 39.8 Å². The second-order valence-electron chi connectivity index (χ2n) is 8.26. The summed E-state index contributed by atoms with van der Waals surface area (Å²) in [6.45, 7) is 8.54. The summed E-state index contributed by atoms with van der Waals surface area (Å²) in [6, 6.07) is 15.1. The smallest absolute Gasteiger partial charge is 0.346 e. The number of hydrogen-bond donors (Lipinski definition) is 0. The fraction of sp³-hybridized carbons (Fsp3) is 0.481. The molecule has 0 N–H and O–H groups in total. The fourth-order valence-corrected chi connectivity index (χ4v) is 9.94. The summed E-state index contributed by atoms with van der Waals surface area (Å²) in [7, 11) is -7.24. The lowest BCUT2D eigenvalue weighted by atomic mass is 9.92. The van der Waals surface area contributed by atoms with E-state index in [1.165, 1.54) is 13.3 Å². The Labute approximate surface area is 226 Å². The Morgan fingerprint density at radius 1 is 0.816 bits per heavy atom. The van der Waals surface area contributed by atoms with E-state index < -0.39 is 38.5 Å². The number of methoxy groups -OCH3 is 1. The molecule has 0 aliphatic rings. The summed E-state index contributed by atoms with van der Waals surface area (Å²) < 4.78 is 57.0. The van der Waals surface area contributed by atoms with Gasteiger partial charge in [-0.05, 0) is 45.7 Å². The number of carbonyl (C=O) groups excluding carboxylic acids is 1. The molecule has 0 aliphatic carbocycles. The van der Waals surface area contributed by atoms with Crippen LogP contribution in [0.4, 0.5) is 0 Å². The summed E-state index contributed by atoms with van der Waals surface area (Å²) in [5, 5.41) is -1.52. The standard InChI is InChI=1S/C27H39NO8P2/c1-7-33-37(30,34-8-2)27(38(31,35-9-3)36-10-4)24(23-18-16-21(5)17-19-23)25(26(29)32-6)28-20-22-14-12-11-13-15-22/h11-20,24-25,27H,7-10H2,1-6H3/t24-,25+/m1/s1. The van der Waals surface area contributed by atoms with Crippen molar-refractivity contribution < 1.29 is 36.8 Å². The molecule has 38 heavy (non-hydrogen) atoms. The fourth-order valence-electron chi connectivity index (χ4n) is 4.10. The van der Waals surface area contributed by atoms with Crippen molar-refractivity contribution in [3.8, 4) is 0 Å². The van der Waals surface area contributed by atoms with Gasteiger partial charge in [-0.15, -0.1) is 0 Å². The number of aliphatic imine (C=N–C) groups is 1. The summed E-state index contributed by atoms with van der Waals surface area (Å²) in [4.78, 5) is 17.9. The molecule has 2 atom stereocenters. The molecule has 2 aromatic carbocycles. The van der Waals surface area contributed by atoms with E-state index in [-0.39, 0.29) is 26.4 Å². The van der Waals surface area contributed by atoms with Crippen LogP contribution in [-0.4, -0.2) is 57.2 Å². The zero-order chi connectivity index (χ0) is 28.2. The third-order valence-corrected chi connectivity index (χ3v) is 11.7. The zero-order valence-electron chi connectivity index (χ0n) is 22.9. The predicted molar refractivity (Wildman–Crippen MR) is 149 cm³/mol. The van der Waals surface area contributed by atoms with Crippen molar-refractivity contribution in [3.63, 3.8) is 0 Å². The molecule has 2 aromatic rings. The first-order valence-electron chi connectivity index (χ1n) is 12.7. The van der Waals surface area contributed by atoms with Crippen LogP contribution in [0, 0.1) is 6.92 Å². The van der Waals surface area contributed by atoms with Crippen LogP contribution in [0.3, 0.4) is 0 Å². The number of carbonyl (C=O) groups is 1. The van der Waals surface area contributed by atoms with E-state index in [2.05, 4.69) is 4.99 Å². The molecule has 0 aliphatic heterocycles. The number of ether oxygens (including phenoxy) is 1. The van der Waals surface area contributed by atoms with Crippen molar-refractivity contribution in [2.75, 3.05) is 33.5 Å². The Bertz CT molecular complexity index is 1070. The van der Waals surface area contributed by atoms with Gasteiger partial charge in [-0.25, -0.2) is 4.79 Å². The molecule has 210 valence electrons. The van der Waals surface area contributed by atoms with Gasteiger partial charge >= 0.3 is 21.2 Å². The molecular formula is C27H39NO8P2. The second kappa shape index (κ2) is 15.5. The second-order valence-corrected chi connectivity index (χ2v) is 13.0. The SMILES string of the molecule is CCOP(=O)(OCC)C([C@H](c1ccc(C)cc1)[C@H](N=Cc1ccccc1)C(=O)OC)P(=O)(OCC)OCC. The van der Waals surface area contributed by atoms with E-state index in [1.807, 2.05) is 49.4 Å². The molecule has 0 unspecified atom stereocenters. The van der Waals surface area contributed by atoms with Gasteiger partial charge in [-0.3, -0.25) is 14.1 Å². The van der Waals surface area contributed by atoms with Crippen molar-refractivity contribution in [1.29, 1.82) is 0 Å². The van der Waals surface area contributed by atoms with Gasteiger partial charge in [0, 0.05) is 12.1 Å². The summed E-state index contributed by atoms with van der Waals surface area (Å²) >= 11 is 0. The van der Waals surface area contributed by atoms with E-state index in [0.29, 0.717) is 5.56 Å². The van der Waals surface area contributed by atoms with E-state index in [0.717, 1.165) is 11.1 Å². The highest BCUT2D eigenvalue weighted by Crippen LogP contribution is 2.74. The molecular weight excluding hydrogens is 528 g/mol. The van der Waals surface area contributed by atoms with Crippen LogP contribution in [0.1, 0.15) is 50.3 Å². The molecule has 0 aromatic heterocycles. The highest BCUT2D eigenvalue weighted by atomic mass is 31.2. The number of hydrogen-bond acceptors (Lipinski definition) is 9. The number of aryl methyl sites for hydroxylation is 1. The van der Waals surface area contributed by atoms with Crippen molar-refractivity contribution in [2.45, 2.75) is 52.0 Å². The molecule has 0 amide bonds. The molecule has 0 radical (unpaired) electrons. The number of rotatable bonds is 16. The Kier molecular flexibility index (Phi) is 13.1. The Hall–Kier alpha value is -2.12. The highest BCUT2D eigenvalue weighted by molar-refractivity contribution is 7.72. The maximum Gasteiger partial charge on any atom is 0.346 e. The maximum atomic E-state index is 14.5. The van der Waals surface area contributed by atoms with E-state index >= 15 is 0 Å². The number of nitrogens with zero attached hydrogens (tertiary/aromatic N) is 1. The summed E-state index contributed by atoms with van der Waals surface area (Å²) in [5.74, 6) is -1.83. The zero-order valence-corrected chi connectivity index (χ0v) is 24.7. The normalized spacial score (nSPS) is 14.1. The van der Waals surface area contributed by atoms with Gasteiger partial charge in [-0.2, -0.15) is 0 Å². The minimum absolute atomic E-state index is 0.00280. The monoisotopic (exact) mass is 567 g/mol. The van der Waals surface area contributed by atoms with Crippen molar-refractivity contribution in [1.82, 2.24) is 0 Å². The molecule has 11 heteroatoms. The Morgan fingerprint density at radius 2 is 1.29 bits per heavy atom. The van der Waals surface area contributed by atoms with Crippen LogP contribution in [-0.2, 0) is 36.8 Å². The topological polar surface area (TPSA) is 110 Å². The lowest BCUT2D eigenvalue weighted by molar-refractivity contribution is -0.142. The van der Waals surface area contributed by atoms with Crippen LogP contribution in [0.2, 0.25) is 0 Å². The maximum absolute atomic E-state index is 14.5. The van der Waals surface area contributed by atoms with Crippen LogP contribution in [0.5, 0.6) is 0 Å². The third kappa shape index (κ3) is 8.19. The van der Waals surface area contributed by atoms with Crippen LogP contribution >= 0.6 is 15.2 Å². The molecule has 0 saturated heterocycles. The Balaban J connectivity index is 2.93.